The third-order valence-corrected chi connectivity index (χ3v) is 10.3. The Labute approximate surface area is 228 Å². The van der Waals surface area contributed by atoms with Crippen LogP contribution in [0.15, 0.2) is 48.5 Å². The van der Waals surface area contributed by atoms with Crippen LogP contribution in [0, 0.1) is 5.92 Å². The summed E-state index contributed by atoms with van der Waals surface area (Å²) in [6, 6.07) is 13.8. The zero-order valence-electron chi connectivity index (χ0n) is 20.9. The standard InChI is InChI=1S/C27H32Cl2N2O5S/c1-3-22(16-30(2)37(35,36)23-11-12-23)31-26(17-7-9-20(28)10-8-17)24(18-5-4-6-21(29)13-18)14-19(27(31)34)15-25(32)33/h4-10,13,19,22-24,26H,3,11-12,14-16H2,1-2H3,(H,32,33)/t19-,22-,24+,26?/m0/s1. The van der Waals surface area contributed by atoms with E-state index in [2.05, 4.69) is 0 Å². The molecule has 4 atom stereocenters. The number of carboxylic acid groups (broad SMARTS) is 1. The maximum Gasteiger partial charge on any atom is 0.304 e. The van der Waals surface area contributed by atoms with E-state index in [-0.39, 0.29) is 30.0 Å². The topological polar surface area (TPSA) is 95.0 Å². The van der Waals surface area contributed by atoms with E-state index in [1.165, 1.54) is 4.31 Å². The summed E-state index contributed by atoms with van der Waals surface area (Å²) in [5, 5.41) is 10.4. The molecule has 1 saturated carbocycles. The molecule has 37 heavy (non-hydrogen) atoms. The monoisotopic (exact) mass is 566 g/mol. The molecule has 0 spiro atoms. The fourth-order valence-corrected chi connectivity index (χ4v) is 7.36. The maximum absolute atomic E-state index is 14.0. The van der Waals surface area contributed by atoms with Crippen LogP contribution in [-0.2, 0) is 19.6 Å². The van der Waals surface area contributed by atoms with Gasteiger partial charge in [-0.25, -0.2) is 12.7 Å². The summed E-state index contributed by atoms with van der Waals surface area (Å²) >= 11 is 12.5. The predicted octanol–water partition coefficient (Wildman–Crippen LogP) is 5.34. The molecular weight excluding hydrogens is 535 g/mol. The molecule has 1 unspecified atom stereocenters. The van der Waals surface area contributed by atoms with Crippen LogP contribution in [0.2, 0.25) is 10.0 Å². The highest BCUT2D eigenvalue weighted by Gasteiger charge is 2.47. The summed E-state index contributed by atoms with van der Waals surface area (Å²) in [5.74, 6) is -2.31. The molecule has 0 bridgehead atoms. The van der Waals surface area contributed by atoms with Crippen molar-refractivity contribution in [1.29, 1.82) is 0 Å². The lowest BCUT2D eigenvalue weighted by Gasteiger charge is -2.49. The molecule has 4 rings (SSSR count). The average molecular weight is 568 g/mol. The number of likely N-dealkylation sites (tertiary alicyclic amines) is 1. The number of sulfonamides is 1. The third kappa shape index (κ3) is 6.14. The molecule has 1 amide bonds. The van der Waals surface area contributed by atoms with Gasteiger partial charge in [-0.1, -0.05) is 54.4 Å². The van der Waals surface area contributed by atoms with Crippen LogP contribution in [0.4, 0.5) is 0 Å². The molecule has 1 saturated heterocycles. The Kier molecular flexibility index (Phi) is 8.53. The Morgan fingerprint density at radius 2 is 1.78 bits per heavy atom. The van der Waals surface area contributed by atoms with E-state index in [1.54, 1.807) is 30.1 Å². The smallest absolute Gasteiger partial charge is 0.304 e. The summed E-state index contributed by atoms with van der Waals surface area (Å²) in [7, 11) is -1.89. The van der Waals surface area contributed by atoms with Gasteiger partial charge >= 0.3 is 5.97 Å². The zero-order chi connectivity index (χ0) is 26.9. The molecule has 10 heteroatoms. The van der Waals surface area contributed by atoms with Crippen molar-refractivity contribution in [1.82, 2.24) is 9.21 Å². The number of hydrogen-bond acceptors (Lipinski definition) is 4. The van der Waals surface area contributed by atoms with Gasteiger partial charge in [-0.2, -0.15) is 0 Å². The quantitative estimate of drug-likeness (QED) is 0.418. The number of benzene rings is 2. The molecule has 200 valence electrons. The van der Waals surface area contributed by atoms with Crippen LogP contribution < -0.4 is 0 Å². The Morgan fingerprint density at radius 3 is 2.35 bits per heavy atom. The lowest BCUT2D eigenvalue weighted by molar-refractivity contribution is -0.152. The Balaban J connectivity index is 1.81. The normalized spacial score (nSPS) is 23.3. The summed E-state index contributed by atoms with van der Waals surface area (Å²) in [5.41, 5.74) is 1.75. The maximum atomic E-state index is 14.0. The molecule has 1 N–H and O–H groups in total. The van der Waals surface area contributed by atoms with E-state index < -0.39 is 34.0 Å². The number of halogens is 2. The van der Waals surface area contributed by atoms with Crippen molar-refractivity contribution < 1.29 is 23.1 Å². The number of carbonyl (C=O) groups excluding carboxylic acids is 1. The van der Waals surface area contributed by atoms with Crippen LogP contribution in [0.5, 0.6) is 0 Å². The first-order chi connectivity index (χ1) is 17.5. The van der Waals surface area contributed by atoms with Crippen LogP contribution in [0.1, 0.15) is 62.1 Å². The third-order valence-electron chi connectivity index (χ3n) is 7.44. The van der Waals surface area contributed by atoms with E-state index in [4.69, 9.17) is 23.2 Å². The molecule has 7 nitrogen and oxygen atoms in total. The van der Waals surface area contributed by atoms with Crippen molar-refractivity contribution in [3.8, 4) is 0 Å². The molecule has 2 fully saturated rings. The van der Waals surface area contributed by atoms with Gasteiger partial charge in [0.15, 0.2) is 0 Å². The SMILES string of the molecule is CC[C@@H](CN(C)S(=O)(=O)C1CC1)N1C(=O)[C@H](CC(=O)O)C[C@H](c2cccc(Cl)c2)C1c1ccc(Cl)cc1. The lowest BCUT2D eigenvalue weighted by atomic mass is 9.74. The van der Waals surface area contributed by atoms with E-state index >= 15 is 0 Å². The van der Waals surface area contributed by atoms with Crippen molar-refractivity contribution in [3.05, 3.63) is 69.7 Å². The van der Waals surface area contributed by atoms with Crippen LogP contribution in [0.25, 0.3) is 0 Å². The highest BCUT2D eigenvalue weighted by molar-refractivity contribution is 7.90. The lowest BCUT2D eigenvalue weighted by Crippen LogP contribution is -2.55. The fraction of sp³-hybridized carbons (Fsp3) is 0.481. The first-order valence-electron chi connectivity index (χ1n) is 12.5. The zero-order valence-corrected chi connectivity index (χ0v) is 23.2. The van der Waals surface area contributed by atoms with Gasteiger partial charge in [0, 0.05) is 41.5 Å². The molecule has 1 aliphatic heterocycles. The molecule has 0 radical (unpaired) electrons. The Hall–Kier alpha value is -2.13. The highest BCUT2D eigenvalue weighted by atomic mass is 35.5. The van der Waals surface area contributed by atoms with Gasteiger partial charge in [0.1, 0.15) is 0 Å². The molecule has 1 heterocycles. The second-order valence-corrected chi connectivity index (χ2v) is 13.2. The van der Waals surface area contributed by atoms with Gasteiger partial charge in [0.2, 0.25) is 15.9 Å². The van der Waals surface area contributed by atoms with E-state index in [0.717, 1.165) is 11.1 Å². The van der Waals surface area contributed by atoms with Crippen LogP contribution >= 0.6 is 23.2 Å². The number of aliphatic carboxylic acids is 1. The number of nitrogens with zero attached hydrogens (tertiary/aromatic N) is 2. The number of carboxylic acids is 1. The summed E-state index contributed by atoms with van der Waals surface area (Å²) < 4.78 is 27.3. The molecular formula is C27H32Cl2N2O5S. The van der Waals surface area contributed by atoms with Crippen LogP contribution in [0.3, 0.4) is 0 Å². The van der Waals surface area contributed by atoms with Crippen molar-refractivity contribution in [3.63, 3.8) is 0 Å². The van der Waals surface area contributed by atoms with Gasteiger partial charge in [0.25, 0.3) is 0 Å². The predicted molar refractivity (Wildman–Crippen MR) is 144 cm³/mol. The fourth-order valence-electron chi connectivity index (χ4n) is 5.41. The van der Waals surface area contributed by atoms with Crippen LogP contribution in [-0.4, -0.2) is 59.5 Å². The van der Waals surface area contributed by atoms with Crippen molar-refractivity contribution in [2.75, 3.05) is 13.6 Å². The minimum absolute atomic E-state index is 0.132. The highest BCUT2D eigenvalue weighted by Crippen LogP contribution is 2.48. The van der Waals surface area contributed by atoms with Crippen molar-refractivity contribution >= 4 is 45.1 Å². The molecule has 1 aliphatic carbocycles. The number of rotatable bonds is 10. The number of likely N-dealkylation sites (N-methyl/N-ethyl adjacent to an activating group) is 1. The van der Waals surface area contributed by atoms with Gasteiger partial charge in [-0.15, -0.1) is 0 Å². The molecule has 2 aliphatic rings. The van der Waals surface area contributed by atoms with Gasteiger partial charge in [-0.05, 0) is 61.1 Å². The average Bonchev–Trinajstić information content (AvgIpc) is 3.70. The summed E-state index contributed by atoms with van der Waals surface area (Å²) in [6.45, 7) is 2.05. The number of carbonyl (C=O) groups is 2. The van der Waals surface area contributed by atoms with Crippen molar-refractivity contribution in [2.45, 2.75) is 62.3 Å². The first kappa shape index (κ1) is 27.9. The molecule has 2 aromatic rings. The first-order valence-corrected chi connectivity index (χ1v) is 14.8. The van der Waals surface area contributed by atoms with E-state index in [1.807, 2.05) is 37.3 Å². The number of hydrogen-bond donors (Lipinski definition) is 1. The number of piperidine rings is 1. The second kappa shape index (κ2) is 11.3. The largest absolute Gasteiger partial charge is 0.481 e. The Morgan fingerprint density at radius 1 is 1.11 bits per heavy atom. The van der Waals surface area contributed by atoms with E-state index in [0.29, 0.717) is 35.7 Å². The van der Waals surface area contributed by atoms with Crippen molar-refractivity contribution in [2.24, 2.45) is 5.92 Å². The van der Waals surface area contributed by atoms with Gasteiger partial charge < -0.3 is 10.0 Å². The summed E-state index contributed by atoms with van der Waals surface area (Å²) in [6.07, 6.45) is 1.84. The number of amides is 1. The van der Waals surface area contributed by atoms with Gasteiger partial charge in [0.05, 0.1) is 17.7 Å². The molecule has 0 aromatic heterocycles. The summed E-state index contributed by atoms with van der Waals surface area (Å²) in [4.78, 5) is 27.5. The minimum atomic E-state index is -3.45. The van der Waals surface area contributed by atoms with Gasteiger partial charge in [-0.3, -0.25) is 9.59 Å². The van der Waals surface area contributed by atoms with E-state index in [9.17, 15) is 23.1 Å². The second-order valence-electron chi connectivity index (χ2n) is 10.0. The molecule has 2 aromatic carbocycles. The minimum Gasteiger partial charge on any atom is -0.481 e. The Bertz CT molecular complexity index is 1250.